The second-order valence-corrected chi connectivity index (χ2v) is 4.49. The highest BCUT2D eigenvalue weighted by atomic mass is 16.3. The van der Waals surface area contributed by atoms with Crippen molar-refractivity contribution in [1.29, 1.82) is 0 Å². The number of amides is 1. The van der Waals surface area contributed by atoms with Gasteiger partial charge in [-0.2, -0.15) is 0 Å². The van der Waals surface area contributed by atoms with Crippen LogP contribution in [-0.4, -0.2) is 42.0 Å². The molecule has 0 radical (unpaired) electrons. The number of H-pyrrole nitrogens is 1. The van der Waals surface area contributed by atoms with Crippen molar-refractivity contribution >= 4 is 23.3 Å². The summed E-state index contributed by atoms with van der Waals surface area (Å²) in [6.45, 7) is 4.53. The summed E-state index contributed by atoms with van der Waals surface area (Å²) >= 11 is 0. The van der Waals surface area contributed by atoms with Crippen molar-refractivity contribution in [3.05, 3.63) is 18.4 Å². The molecule has 1 aliphatic rings. The Morgan fingerprint density at radius 2 is 2.41 bits per heavy atom. The normalized spacial score (nSPS) is 21.1. The van der Waals surface area contributed by atoms with E-state index < -0.39 is 0 Å². The standard InChI is InChI=1S/C12H15N3O2/c1-9-7-14(3-4-15(9)8-16)12-6-11-10(13-12)2-5-17-11/h2,5-6,8-9,13H,3-4,7H2,1H3. The van der Waals surface area contributed by atoms with Gasteiger partial charge in [0, 0.05) is 37.8 Å². The molecule has 0 spiro atoms. The van der Waals surface area contributed by atoms with Crippen molar-refractivity contribution < 1.29 is 9.21 Å². The molecule has 0 aromatic carbocycles. The maximum absolute atomic E-state index is 10.8. The summed E-state index contributed by atoms with van der Waals surface area (Å²) in [6.07, 6.45) is 2.61. The van der Waals surface area contributed by atoms with E-state index in [-0.39, 0.29) is 6.04 Å². The number of aromatic nitrogens is 1. The number of carbonyl (C=O) groups excluding carboxylic acids is 1. The predicted octanol–water partition coefficient (Wildman–Crippen LogP) is 1.43. The third-order valence-corrected chi connectivity index (χ3v) is 3.38. The van der Waals surface area contributed by atoms with Crippen LogP contribution >= 0.6 is 0 Å². The lowest BCUT2D eigenvalue weighted by atomic mass is 10.2. The van der Waals surface area contributed by atoms with Gasteiger partial charge in [-0.15, -0.1) is 0 Å². The molecule has 0 saturated carbocycles. The SMILES string of the molecule is CC1CN(c2cc3occc3[nH]2)CCN1C=O. The second kappa shape index (κ2) is 3.84. The Morgan fingerprint density at radius 3 is 3.12 bits per heavy atom. The largest absolute Gasteiger partial charge is 0.463 e. The Hall–Kier alpha value is -1.91. The summed E-state index contributed by atoms with van der Waals surface area (Å²) in [5.74, 6) is 1.07. The number of hydrogen-bond acceptors (Lipinski definition) is 3. The van der Waals surface area contributed by atoms with Crippen LogP contribution in [0.4, 0.5) is 5.82 Å². The first-order valence-electron chi connectivity index (χ1n) is 5.80. The van der Waals surface area contributed by atoms with Gasteiger partial charge in [-0.25, -0.2) is 0 Å². The lowest BCUT2D eigenvalue weighted by Crippen LogP contribution is -2.51. The molecular formula is C12H15N3O2. The van der Waals surface area contributed by atoms with Crippen molar-refractivity contribution in [3.63, 3.8) is 0 Å². The van der Waals surface area contributed by atoms with Crippen LogP contribution in [0.3, 0.4) is 0 Å². The van der Waals surface area contributed by atoms with Gasteiger partial charge in [-0.3, -0.25) is 4.79 Å². The van der Waals surface area contributed by atoms with Crippen LogP contribution in [0.5, 0.6) is 0 Å². The maximum atomic E-state index is 10.8. The van der Waals surface area contributed by atoms with E-state index in [9.17, 15) is 4.79 Å². The molecule has 0 bridgehead atoms. The number of carbonyl (C=O) groups is 1. The first-order valence-corrected chi connectivity index (χ1v) is 5.80. The fourth-order valence-electron chi connectivity index (χ4n) is 2.35. The molecule has 5 nitrogen and oxygen atoms in total. The summed E-state index contributed by atoms with van der Waals surface area (Å²) in [4.78, 5) is 18.2. The summed E-state index contributed by atoms with van der Waals surface area (Å²) in [5, 5.41) is 0. The molecule has 1 fully saturated rings. The van der Waals surface area contributed by atoms with Gasteiger partial charge in [0.15, 0.2) is 5.58 Å². The highest BCUT2D eigenvalue weighted by molar-refractivity contribution is 5.78. The number of hydrogen-bond donors (Lipinski definition) is 1. The second-order valence-electron chi connectivity index (χ2n) is 4.49. The molecular weight excluding hydrogens is 218 g/mol. The van der Waals surface area contributed by atoms with Crippen molar-refractivity contribution in [2.75, 3.05) is 24.5 Å². The van der Waals surface area contributed by atoms with Crippen LogP contribution in [0.15, 0.2) is 22.8 Å². The Bertz CT molecular complexity index is 502. The number of nitrogens with zero attached hydrogens (tertiary/aromatic N) is 2. The van der Waals surface area contributed by atoms with E-state index in [1.807, 2.05) is 17.0 Å². The number of aromatic amines is 1. The molecule has 1 aliphatic heterocycles. The van der Waals surface area contributed by atoms with E-state index in [0.717, 1.165) is 43.0 Å². The number of nitrogens with one attached hydrogen (secondary N) is 1. The Kier molecular flexibility index (Phi) is 2.31. The fraction of sp³-hybridized carbons (Fsp3) is 0.417. The van der Waals surface area contributed by atoms with Gasteiger partial charge in [0.1, 0.15) is 5.82 Å². The zero-order valence-corrected chi connectivity index (χ0v) is 9.72. The zero-order valence-electron chi connectivity index (χ0n) is 9.72. The average Bonchev–Trinajstić information content (AvgIpc) is 2.88. The summed E-state index contributed by atoms with van der Waals surface area (Å²) < 4.78 is 5.33. The van der Waals surface area contributed by atoms with E-state index >= 15 is 0 Å². The number of rotatable bonds is 2. The quantitative estimate of drug-likeness (QED) is 0.798. The monoisotopic (exact) mass is 233 g/mol. The minimum absolute atomic E-state index is 0.246. The molecule has 1 N–H and O–H groups in total. The maximum Gasteiger partial charge on any atom is 0.210 e. The van der Waals surface area contributed by atoms with Crippen molar-refractivity contribution in [2.45, 2.75) is 13.0 Å². The topological polar surface area (TPSA) is 52.5 Å². The Balaban J connectivity index is 1.81. The first-order chi connectivity index (χ1) is 8.28. The van der Waals surface area contributed by atoms with E-state index in [0.29, 0.717) is 0 Å². The number of piperazine rings is 1. The van der Waals surface area contributed by atoms with Crippen LogP contribution in [0.1, 0.15) is 6.92 Å². The number of anilines is 1. The summed E-state index contributed by atoms with van der Waals surface area (Å²) in [7, 11) is 0. The van der Waals surface area contributed by atoms with Crippen LogP contribution in [0, 0.1) is 0 Å². The minimum atomic E-state index is 0.246. The fourth-order valence-corrected chi connectivity index (χ4v) is 2.35. The third kappa shape index (κ3) is 1.67. The van der Waals surface area contributed by atoms with Crippen molar-refractivity contribution in [2.24, 2.45) is 0 Å². The van der Waals surface area contributed by atoms with E-state index in [2.05, 4.69) is 16.8 Å². The lowest BCUT2D eigenvalue weighted by molar-refractivity contribution is -0.120. The molecule has 3 rings (SSSR count). The van der Waals surface area contributed by atoms with Crippen molar-refractivity contribution in [3.8, 4) is 0 Å². The molecule has 1 saturated heterocycles. The van der Waals surface area contributed by atoms with Crippen LogP contribution in [0.2, 0.25) is 0 Å². The average molecular weight is 233 g/mol. The molecule has 1 unspecified atom stereocenters. The molecule has 0 aliphatic carbocycles. The molecule has 3 heterocycles. The van der Waals surface area contributed by atoms with Gasteiger partial charge in [0.05, 0.1) is 11.8 Å². The van der Waals surface area contributed by atoms with Crippen LogP contribution in [0.25, 0.3) is 11.1 Å². The van der Waals surface area contributed by atoms with Gasteiger partial charge >= 0.3 is 0 Å². The van der Waals surface area contributed by atoms with Crippen molar-refractivity contribution in [1.82, 2.24) is 9.88 Å². The predicted molar refractivity (Wildman–Crippen MR) is 65.0 cm³/mol. The summed E-state index contributed by atoms with van der Waals surface area (Å²) in [5.41, 5.74) is 1.90. The molecule has 2 aromatic rings. The van der Waals surface area contributed by atoms with Gasteiger partial charge in [-0.05, 0) is 6.92 Å². The Morgan fingerprint density at radius 1 is 1.53 bits per heavy atom. The van der Waals surface area contributed by atoms with Gasteiger partial charge in [0.2, 0.25) is 6.41 Å². The van der Waals surface area contributed by atoms with Gasteiger partial charge in [-0.1, -0.05) is 0 Å². The number of fused-ring (bicyclic) bond motifs is 1. The van der Waals surface area contributed by atoms with E-state index in [4.69, 9.17) is 4.42 Å². The Labute approximate surface area is 99.0 Å². The highest BCUT2D eigenvalue weighted by Gasteiger charge is 2.23. The lowest BCUT2D eigenvalue weighted by Gasteiger charge is -2.38. The van der Waals surface area contributed by atoms with E-state index in [1.54, 1.807) is 6.26 Å². The smallest absolute Gasteiger partial charge is 0.210 e. The van der Waals surface area contributed by atoms with Gasteiger partial charge < -0.3 is 19.2 Å². The first kappa shape index (κ1) is 10.3. The molecule has 5 heteroatoms. The number of furan rings is 1. The van der Waals surface area contributed by atoms with Gasteiger partial charge in [0.25, 0.3) is 0 Å². The molecule has 17 heavy (non-hydrogen) atoms. The molecule has 90 valence electrons. The van der Waals surface area contributed by atoms with Crippen LogP contribution < -0.4 is 4.90 Å². The van der Waals surface area contributed by atoms with Crippen LogP contribution in [-0.2, 0) is 4.79 Å². The highest BCUT2D eigenvalue weighted by Crippen LogP contribution is 2.24. The molecule has 2 aromatic heterocycles. The molecule has 1 atom stereocenters. The molecule has 1 amide bonds. The van der Waals surface area contributed by atoms with E-state index in [1.165, 1.54) is 0 Å². The third-order valence-electron chi connectivity index (χ3n) is 3.38. The minimum Gasteiger partial charge on any atom is -0.463 e. The summed E-state index contributed by atoms with van der Waals surface area (Å²) in [6, 6.07) is 4.18. The zero-order chi connectivity index (χ0) is 11.8.